The van der Waals surface area contributed by atoms with Gasteiger partial charge in [-0.15, -0.1) is 11.3 Å². The Labute approximate surface area is 154 Å². The Hall–Kier alpha value is -3.00. The summed E-state index contributed by atoms with van der Waals surface area (Å²) < 4.78 is 10.3. The van der Waals surface area contributed by atoms with Gasteiger partial charge in [0.25, 0.3) is 0 Å². The van der Waals surface area contributed by atoms with Gasteiger partial charge in [0, 0.05) is 17.0 Å². The van der Waals surface area contributed by atoms with Crippen LogP contribution < -0.4 is 5.32 Å². The van der Waals surface area contributed by atoms with Crippen LogP contribution in [0.5, 0.6) is 0 Å². The fraction of sp³-hybridized carbons (Fsp3) is 0.222. The molecule has 0 fully saturated rings. The standard InChI is InChI=1S/C18H17N3O4S/c1-18(2,3)24-16(23)15(22)20-17-19-13(10-26-17)14-9-12(21-25-14)11-7-5-4-6-8-11/h4-10H,1-3H3,(H,19,20,22). The first-order valence-electron chi connectivity index (χ1n) is 7.84. The van der Waals surface area contributed by atoms with E-state index in [1.54, 1.807) is 32.2 Å². The van der Waals surface area contributed by atoms with Crippen molar-refractivity contribution < 1.29 is 18.8 Å². The average Bonchev–Trinajstić information content (AvgIpc) is 3.23. The number of esters is 1. The third-order valence-electron chi connectivity index (χ3n) is 3.14. The SMILES string of the molecule is CC(C)(C)OC(=O)C(=O)Nc1nc(-c2cc(-c3ccccc3)no2)cs1. The zero-order chi connectivity index (χ0) is 18.7. The van der Waals surface area contributed by atoms with Gasteiger partial charge in [-0.25, -0.2) is 9.78 Å². The summed E-state index contributed by atoms with van der Waals surface area (Å²) in [6, 6.07) is 11.4. The highest BCUT2D eigenvalue weighted by Crippen LogP contribution is 2.28. The van der Waals surface area contributed by atoms with Crippen molar-refractivity contribution in [3.05, 3.63) is 41.8 Å². The number of ether oxygens (including phenoxy) is 1. The topological polar surface area (TPSA) is 94.3 Å². The molecule has 1 N–H and O–H groups in total. The normalized spacial score (nSPS) is 11.2. The predicted octanol–water partition coefficient (Wildman–Crippen LogP) is 3.75. The van der Waals surface area contributed by atoms with Gasteiger partial charge in [0.05, 0.1) is 0 Å². The van der Waals surface area contributed by atoms with E-state index >= 15 is 0 Å². The fourth-order valence-corrected chi connectivity index (χ4v) is 2.75. The Morgan fingerprint density at radius 2 is 1.88 bits per heavy atom. The highest BCUT2D eigenvalue weighted by Gasteiger charge is 2.24. The summed E-state index contributed by atoms with van der Waals surface area (Å²) >= 11 is 1.17. The highest BCUT2D eigenvalue weighted by atomic mass is 32.1. The molecule has 0 aliphatic heterocycles. The third kappa shape index (κ3) is 4.34. The van der Waals surface area contributed by atoms with E-state index in [0.717, 1.165) is 5.56 Å². The minimum Gasteiger partial charge on any atom is -0.453 e. The van der Waals surface area contributed by atoms with Gasteiger partial charge in [0.2, 0.25) is 0 Å². The molecule has 0 radical (unpaired) electrons. The molecule has 0 bridgehead atoms. The number of anilines is 1. The molecule has 134 valence electrons. The highest BCUT2D eigenvalue weighted by molar-refractivity contribution is 7.14. The lowest BCUT2D eigenvalue weighted by atomic mass is 10.1. The number of nitrogens with zero attached hydrogens (tertiary/aromatic N) is 2. The van der Waals surface area contributed by atoms with E-state index in [0.29, 0.717) is 17.1 Å². The first-order valence-corrected chi connectivity index (χ1v) is 8.72. The van der Waals surface area contributed by atoms with Crippen LogP contribution in [0, 0.1) is 0 Å². The number of rotatable bonds is 3. The molecule has 8 heteroatoms. The molecule has 0 spiro atoms. The van der Waals surface area contributed by atoms with Crippen LogP contribution in [-0.4, -0.2) is 27.6 Å². The fourth-order valence-electron chi connectivity index (χ4n) is 2.06. The van der Waals surface area contributed by atoms with Crippen LogP contribution in [0.2, 0.25) is 0 Å². The van der Waals surface area contributed by atoms with Crippen LogP contribution in [0.1, 0.15) is 20.8 Å². The van der Waals surface area contributed by atoms with Crippen LogP contribution in [0.25, 0.3) is 22.7 Å². The summed E-state index contributed by atoms with van der Waals surface area (Å²) in [6.45, 7) is 5.07. The van der Waals surface area contributed by atoms with Crippen LogP contribution in [-0.2, 0) is 14.3 Å². The van der Waals surface area contributed by atoms with Gasteiger partial charge >= 0.3 is 11.9 Å². The molecule has 0 saturated carbocycles. The molecule has 1 amide bonds. The van der Waals surface area contributed by atoms with Crippen molar-refractivity contribution in [1.82, 2.24) is 10.1 Å². The average molecular weight is 371 g/mol. The molecular weight excluding hydrogens is 354 g/mol. The number of nitrogens with one attached hydrogen (secondary N) is 1. The number of benzene rings is 1. The van der Waals surface area contributed by atoms with Gasteiger partial charge in [0.15, 0.2) is 10.9 Å². The van der Waals surface area contributed by atoms with Crippen LogP contribution in [0.3, 0.4) is 0 Å². The quantitative estimate of drug-likeness (QED) is 0.557. The van der Waals surface area contributed by atoms with E-state index in [1.807, 2.05) is 30.3 Å². The van der Waals surface area contributed by atoms with Gasteiger partial charge in [-0.05, 0) is 20.8 Å². The first-order chi connectivity index (χ1) is 12.3. The summed E-state index contributed by atoms with van der Waals surface area (Å²) in [4.78, 5) is 27.8. The molecule has 3 rings (SSSR count). The Bertz CT molecular complexity index is 925. The van der Waals surface area contributed by atoms with Crippen molar-refractivity contribution in [1.29, 1.82) is 0 Å². The second kappa shape index (κ2) is 7.09. The van der Waals surface area contributed by atoms with E-state index in [1.165, 1.54) is 11.3 Å². The molecular formula is C18H17N3O4S. The van der Waals surface area contributed by atoms with Gasteiger partial charge in [-0.1, -0.05) is 35.5 Å². The molecule has 3 aromatic rings. The van der Waals surface area contributed by atoms with E-state index in [-0.39, 0.29) is 5.13 Å². The zero-order valence-corrected chi connectivity index (χ0v) is 15.3. The van der Waals surface area contributed by atoms with Gasteiger partial charge in [-0.2, -0.15) is 0 Å². The molecule has 2 aromatic heterocycles. The predicted molar refractivity (Wildman–Crippen MR) is 97.5 cm³/mol. The van der Waals surface area contributed by atoms with Crippen LogP contribution in [0.4, 0.5) is 5.13 Å². The summed E-state index contributed by atoms with van der Waals surface area (Å²) in [5, 5.41) is 8.43. The number of carbonyl (C=O) groups is 2. The molecule has 1 aromatic carbocycles. The van der Waals surface area contributed by atoms with Crippen molar-refractivity contribution in [2.75, 3.05) is 5.32 Å². The number of thiazole rings is 1. The molecule has 0 aliphatic rings. The summed E-state index contributed by atoms with van der Waals surface area (Å²) in [7, 11) is 0. The number of carbonyl (C=O) groups excluding carboxylic acids is 2. The lowest BCUT2D eigenvalue weighted by Crippen LogP contribution is -2.32. The van der Waals surface area contributed by atoms with Crippen molar-refractivity contribution in [3.63, 3.8) is 0 Å². The van der Waals surface area contributed by atoms with Gasteiger partial charge < -0.3 is 9.26 Å². The smallest absolute Gasteiger partial charge is 0.397 e. The number of amides is 1. The summed E-state index contributed by atoms with van der Waals surface area (Å²) in [6.07, 6.45) is 0. The Morgan fingerprint density at radius 1 is 1.15 bits per heavy atom. The van der Waals surface area contributed by atoms with E-state index in [4.69, 9.17) is 9.26 Å². The summed E-state index contributed by atoms with van der Waals surface area (Å²) in [5.74, 6) is -1.36. The van der Waals surface area contributed by atoms with Crippen LogP contribution >= 0.6 is 11.3 Å². The van der Waals surface area contributed by atoms with E-state index in [2.05, 4.69) is 15.5 Å². The Balaban J connectivity index is 1.70. The minimum absolute atomic E-state index is 0.272. The molecule has 0 unspecified atom stereocenters. The van der Waals surface area contributed by atoms with Crippen LogP contribution in [0.15, 0.2) is 46.3 Å². The zero-order valence-electron chi connectivity index (χ0n) is 14.5. The van der Waals surface area contributed by atoms with Gasteiger partial charge in [-0.3, -0.25) is 10.1 Å². The van der Waals surface area contributed by atoms with E-state index < -0.39 is 17.5 Å². The Kier molecular flexibility index (Phi) is 4.85. The van der Waals surface area contributed by atoms with Crippen molar-refractivity contribution in [2.45, 2.75) is 26.4 Å². The monoisotopic (exact) mass is 371 g/mol. The Morgan fingerprint density at radius 3 is 2.58 bits per heavy atom. The number of hydrogen-bond acceptors (Lipinski definition) is 7. The molecule has 0 atom stereocenters. The lowest BCUT2D eigenvalue weighted by Gasteiger charge is -2.18. The molecule has 2 heterocycles. The maximum Gasteiger partial charge on any atom is 0.397 e. The first kappa shape index (κ1) is 17.8. The molecule has 26 heavy (non-hydrogen) atoms. The maximum atomic E-state index is 11.9. The number of aromatic nitrogens is 2. The second-order valence-electron chi connectivity index (χ2n) is 6.44. The van der Waals surface area contributed by atoms with Gasteiger partial charge in [0.1, 0.15) is 17.0 Å². The summed E-state index contributed by atoms with van der Waals surface area (Å²) in [5.41, 5.74) is 1.39. The largest absolute Gasteiger partial charge is 0.453 e. The van der Waals surface area contributed by atoms with Crippen molar-refractivity contribution >= 4 is 28.3 Å². The van der Waals surface area contributed by atoms with E-state index in [9.17, 15) is 9.59 Å². The maximum absolute atomic E-state index is 11.9. The van der Waals surface area contributed by atoms with Crippen molar-refractivity contribution in [3.8, 4) is 22.7 Å². The molecule has 0 saturated heterocycles. The third-order valence-corrected chi connectivity index (χ3v) is 3.90. The molecule has 7 nitrogen and oxygen atoms in total. The van der Waals surface area contributed by atoms with Crippen molar-refractivity contribution in [2.24, 2.45) is 0 Å². The molecule has 0 aliphatic carbocycles. The lowest BCUT2D eigenvalue weighted by molar-refractivity contribution is -0.161. The number of hydrogen-bond donors (Lipinski definition) is 1. The second-order valence-corrected chi connectivity index (χ2v) is 7.29. The minimum atomic E-state index is -0.958.